The van der Waals surface area contributed by atoms with Crippen molar-refractivity contribution >= 4 is 0 Å². The van der Waals surface area contributed by atoms with E-state index in [2.05, 4.69) is 0 Å². The third-order valence-corrected chi connectivity index (χ3v) is 3.09. The van der Waals surface area contributed by atoms with Crippen molar-refractivity contribution in [3.63, 3.8) is 0 Å². The highest BCUT2D eigenvalue weighted by atomic mass is 16.7. The second-order valence-corrected chi connectivity index (χ2v) is 4.44. The molecule has 2 rings (SSSR count). The molecule has 0 amide bonds. The summed E-state index contributed by atoms with van der Waals surface area (Å²) in [5.74, 6) is 0. The van der Waals surface area contributed by atoms with Crippen molar-refractivity contribution in [2.24, 2.45) is 0 Å². The van der Waals surface area contributed by atoms with Crippen LogP contribution in [0.15, 0.2) is 30.3 Å². The molecule has 1 aromatic rings. The molecule has 0 aromatic heterocycles. The SMILES string of the molecule is OC[C@@H](O)[C@@H]1OC(c2ccccc2)O[C@@H]1[C@H](O)CO. The number of hydrogen-bond acceptors (Lipinski definition) is 6. The van der Waals surface area contributed by atoms with Crippen LogP contribution in [0.2, 0.25) is 0 Å². The molecule has 6 nitrogen and oxygen atoms in total. The molecule has 6 heteroatoms. The maximum Gasteiger partial charge on any atom is 0.184 e. The van der Waals surface area contributed by atoms with Gasteiger partial charge in [-0.25, -0.2) is 0 Å². The highest BCUT2D eigenvalue weighted by Gasteiger charge is 2.44. The fourth-order valence-electron chi connectivity index (χ4n) is 2.07. The van der Waals surface area contributed by atoms with Crippen LogP contribution in [0, 0.1) is 0 Å². The third kappa shape index (κ3) is 3.11. The summed E-state index contributed by atoms with van der Waals surface area (Å²) in [6, 6.07) is 9.06. The number of benzene rings is 1. The number of ether oxygens (including phenoxy) is 2. The van der Waals surface area contributed by atoms with Crippen molar-refractivity contribution in [2.75, 3.05) is 13.2 Å². The zero-order valence-corrected chi connectivity index (χ0v) is 10.3. The topological polar surface area (TPSA) is 99.4 Å². The number of hydrogen-bond donors (Lipinski definition) is 4. The number of aliphatic hydroxyl groups is 4. The van der Waals surface area contributed by atoms with Gasteiger partial charge in [0.05, 0.1) is 13.2 Å². The van der Waals surface area contributed by atoms with Gasteiger partial charge in [-0.3, -0.25) is 0 Å². The Morgan fingerprint density at radius 3 is 1.79 bits per heavy atom. The highest BCUT2D eigenvalue weighted by Crippen LogP contribution is 2.34. The first kappa shape index (κ1) is 14.4. The predicted molar refractivity (Wildman–Crippen MR) is 65.1 cm³/mol. The first-order valence-corrected chi connectivity index (χ1v) is 6.11. The van der Waals surface area contributed by atoms with Crippen molar-refractivity contribution in [2.45, 2.75) is 30.7 Å². The zero-order chi connectivity index (χ0) is 13.8. The van der Waals surface area contributed by atoms with E-state index in [0.29, 0.717) is 0 Å². The molecule has 1 aromatic carbocycles. The van der Waals surface area contributed by atoms with Crippen LogP contribution in [-0.2, 0) is 9.47 Å². The van der Waals surface area contributed by atoms with E-state index >= 15 is 0 Å². The molecule has 106 valence electrons. The van der Waals surface area contributed by atoms with E-state index in [1.165, 1.54) is 0 Å². The molecule has 0 aliphatic carbocycles. The lowest BCUT2D eigenvalue weighted by Gasteiger charge is -2.23. The molecule has 1 fully saturated rings. The molecule has 1 aliphatic heterocycles. The number of rotatable bonds is 5. The van der Waals surface area contributed by atoms with E-state index in [9.17, 15) is 10.2 Å². The van der Waals surface area contributed by atoms with Crippen LogP contribution >= 0.6 is 0 Å². The molecule has 1 aliphatic rings. The average Bonchev–Trinajstić information content (AvgIpc) is 2.91. The Kier molecular flexibility index (Phi) is 4.87. The van der Waals surface area contributed by atoms with Gasteiger partial charge in [0, 0.05) is 5.56 Å². The van der Waals surface area contributed by atoms with Gasteiger partial charge in [-0.15, -0.1) is 0 Å². The molecule has 5 atom stereocenters. The fraction of sp³-hybridized carbons (Fsp3) is 0.538. The minimum Gasteiger partial charge on any atom is -0.394 e. The Morgan fingerprint density at radius 1 is 0.895 bits per heavy atom. The van der Waals surface area contributed by atoms with Gasteiger partial charge in [-0.1, -0.05) is 30.3 Å². The third-order valence-electron chi connectivity index (χ3n) is 3.09. The van der Waals surface area contributed by atoms with Gasteiger partial charge in [0.1, 0.15) is 24.4 Å². The van der Waals surface area contributed by atoms with Crippen molar-refractivity contribution in [3.05, 3.63) is 35.9 Å². The maximum atomic E-state index is 9.69. The molecule has 4 N–H and O–H groups in total. The number of aliphatic hydroxyl groups excluding tert-OH is 4. The van der Waals surface area contributed by atoms with Crippen LogP contribution in [0.1, 0.15) is 11.9 Å². The largest absolute Gasteiger partial charge is 0.394 e. The van der Waals surface area contributed by atoms with Crippen molar-refractivity contribution < 1.29 is 29.9 Å². The van der Waals surface area contributed by atoms with Gasteiger partial charge in [0.2, 0.25) is 0 Å². The second-order valence-electron chi connectivity index (χ2n) is 4.44. The Morgan fingerprint density at radius 2 is 1.37 bits per heavy atom. The molecule has 1 heterocycles. The molecule has 0 bridgehead atoms. The van der Waals surface area contributed by atoms with E-state index in [1.807, 2.05) is 18.2 Å². The molecule has 0 spiro atoms. The van der Waals surface area contributed by atoms with Gasteiger partial charge in [-0.2, -0.15) is 0 Å². The summed E-state index contributed by atoms with van der Waals surface area (Å²) < 4.78 is 11.1. The van der Waals surface area contributed by atoms with E-state index < -0.39 is 43.9 Å². The van der Waals surface area contributed by atoms with Crippen molar-refractivity contribution in [3.8, 4) is 0 Å². The van der Waals surface area contributed by atoms with Gasteiger partial charge in [0.15, 0.2) is 6.29 Å². The van der Waals surface area contributed by atoms with Crippen LogP contribution in [-0.4, -0.2) is 58.1 Å². The van der Waals surface area contributed by atoms with Crippen molar-refractivity contribution in [1.82, 2.24) is 0 Å². The summed E-state index contributed by atoms with van der Waals surface area (Å²) in [5, 5.41) is 37.4. The van der Waals surface area contributed by atoms with E-state index in [-0.39, 0.29) is 0 Å². The summed E-state index contributed by atoms with van der Waals surface area (Å²) in [4.78, 5) is 0. The minimum atomic E-state index is -1.18. The predicted octanol–water partition coefficient (Wildman–Crippen LogP) is -0.824. The smallest absolute Gasteiger partial charge is 0.184 e. The Bertz CT molecular complexity index is 366. The summed E-state index contributed by atoms with van der Waals surface area (Å²) in [6.07, 6.45) is -4.88. The van der Waals surface area contributed by atoms with Crippen LogP contribution in [0.3, 0.4) is 0 Å². The first-order chi connectivity index (χ1) is 9.17. The molecule has 1 saturated heterocycles. The first-order valence-electron chi connectivity index (χ1n) is 6.11. The molecule has 1 unspecified atom stereocenters. The van der Waals surface area contributed by atoms with E-state index in [0.717, 1.165) is 5.56 Å². The quantitative estimate of drug-likeness (QED) is 0.558. The zero-order valence-electron chi connectivity index (χ0n) is 10.3. The summed E-state index contributed by atoms with van der Waals surface area (Å²) in [7, 11) is 0. The van der Waals surface area contributed by atoms with Gasteiger partial charge in [0.25, 0.3) is 0 Å². The Hall–Kier alpha value is -1.02. The van der Waals surface area contributed by atoms with Crippen LogP contribution < -0.4 is 0 Å². The summed E-state index contributed by atoms with van der Waals surface area (Å²) in [5.41, 5.74) is 0.741. The standard InChI is InChI=1S/C13H18O6/c14-6-9(16)11-12(10(17)7-15)19-13(18-11)8-4-2-1-3-5-8/h1-5,9-17H,6-7H2/t9-,10-,11-,12+,13?/m1/s1. The van der Waals surface area contributed by atoms with Crippen LogP contribution in [0.25, 0.3) is 0 Å². The van der Waals surface area contributed by atoms with Gasteiger partial charge in [-0.05, 0) is 0 Å². The monoisotopic (exact) mass is 270 g/mol. The molecule has 0 radical (unpaired) electrons. The summed E-state index contributed by atoms with van der Waals surface area (Å²) >= 11 is 0. The van der Waals surface area contributed by atoms with Crippen molar-refractivity contribution in [1.29, 1.82) is 0 Å². The minimum absolute atomic E-state index is 0.510. The molecule has 0 saturated carbocycles. The van der Waals surface area contributed by atoms with E-state index in [1.54, 1.807) is 12.1 Å². The lowest BCUT2D eigenvalue weighted by atomic mass is 10.0. The Labute approximate surface area is 110 Å². The molecular weight excluding hydrogens is 252 g/mol. The van der Waals surface area contributed by atoms with E-state index in [4.69, 9.17) is 19.7 Å². The summed E-state index contributed by atoms with van der Waals surface area (Å²) in [6.45, 7) is -1.02. The highest BCUT2D eigenvalue weighted by molar-refractivity contribution is 5.17. The van der Waals surface area contributed by atoms with Gasteiger partial charge < -0.3 is 29.9 Å². The molecular formula is C13H18O6. The van der Waals surface area contributed by atoms with Crippen LogP contribution in [0.5, 0.6) is 0 Å². The lowest BCUT2D eigenvalue weighted by Crippen LogP contribution is -2.45. The second kappa shape index (κ2) is 6.42. The maximum absolute atomic E-state index is 9.69. The Balaban J connectivity index is 2.15. The molecule has 19 heavy (non-hydrogen) atoms. The van der Waals surface area contributed by atoms with Gasteiger partial charge >= 0.3 is 0 Å². The van der Waals surface area contributed by atoms with Crippen LogP contribution in [0.4, 0.5) is 0 Å². The lowest BCUT2D eigenvalue weighted by molar-refractivity contribution is -0.0957. The normalized spacial score (nSPS) is 27.4. The fourth-order valence-corrected chi connectivity index (χ4v) is 2.07. The average molecular weight is 270 g/mol.